The predicted molar refractivity (Wildman–Crippen MR) is 55.8 cm³/mol. The van der Waals surface area contributed by atoms with Gasteiger partial charge in [0.1, 0.15) is 5.82 Å². The molecule has 0 heterocycles. The lowest BCUT2D eigenvalue weighted by molar-refractivity contribution is 0.372. The molecule has 0 amide bonds. The number of anilines is 1. The quantitative estimate of drug-likeness (QED) is 0.756. The maximum absolute atomic E-state index is 13.3. The Bertz CT molecular complexity index is 332. The van der Waals surface area contributed by atoms with Crippen molar-refractivity contribution < 1.29 is 4.39 Å². The largest absolute Gasteiger partial charge is 0.380 e. The molecule has 0 aliphatic heterocycles. The normalized spacial score (nSPS) is 25.6. The van der Waals surface area contributed by atoms with Crippen LogP contribution >= 0.6 is 0 Å². The van der Waals surface area contributed by atoms with Gasteiger partial charge in [0.2, 0.25) is 0 Å². The fourth-order valence-corrected chi connectivity index (χ4v) is 1.75. The topological polar surface area (TPSA) is 38.0 Å². The van der Waals surface area contributed by atoms with Gasteiger partial charge in [0.15, 0.2) is 0 Å². The Kier molecular flexibility index (Phi) is 2.42. The van der Waals surface area contributed by atoms with Gasteiger partial charge in [-0.3, -0.25) is 0 Å². The van der Waals surface area contributed by atoms with Crippen molar-refractivity contribution >= 4 is 5.69 Å². The van der Waals surface area contributed by atoms with Crippen LogP contribution in [0.25, 0.3) is 0 Å². The summed E-state index contributed by atoms with van der Waals surface area (Å²) in [7, 11) is 0. The van der Waals surface area contributed by atoms with Gasteiger partial charge in [-0.05, 0) is 37.5 Å². The van der Waals surface area contributed by atoms with Gasteiger partial charge in [0.05, 0.1) is 5.69 Å². The molecule has 0 radical (unpaired) electrons. The van der Waals surface area contributed by atoms with Crippen LogP contribution in [-0.2, 0) is 0 Å². The molecule has 2 rings (SSSR count). The van der Waals surface area contributed by atoms with Crippen molar-refractivity contribution in [2.75, 3.05) is 5.32 Å². The lowest BCUT2D eigenvalue weighted by Crippen LogP contribution is -2.44. The van der Waals surface area contributed by atoms with Gasteiger partial charge < -0.3 is 11.1 Å². The second-order valence-corrected chi connectivity index (χ2v) is 4.06. The van der Waals surface area contributed by atoms with E-state index in [0.29, 0.717) is 17.8 Å². The Balaban J connectivity index is 2.05. The van der Waals surface area contributed by atoms with Crippen LogP contribution in [0.2, 0.25) is 0 Å². The Morgan fingerprint density at radius 2 is 2.14 bits per heavy atom. The minimum atomic E-state index is -0.184. The molecule has 0 spiro atoms. The van der Waals surface area contributed by atoms with Crippen molar-refractivity contribution in [2.45, 2.75) is 31.8 Å². The summed E-state index contributed by atoms with van der Waals surface area (Å²) in [6, 6.07) is 5.74. The highest BCUT2D eigenvalue weighted by atomic mass is 19.1. The van der Waals surface area contributed by atoms with Gasteiger partial charge in [-0.25, -0.2) is 4.39 Å². The van der Waals surface area contributed by atoms with Gasteiger partial charge >= 0.3 is 0 Å². The number of benzene rings is 1. The van der Waals surface area contributed by atoms with Gasteiger partial charge in [0, 0.05) is 12.1 Å². The SMILES string of the molecule is Cc1ccc(F)c(NC2CC(N)C2)c1. The number of nitrogens with one attached hydrogen (secondary N) is 1. The molecule has 3 heteroatoms. The number of hydrogen-bond donors (Lipinski definition) is 2. The summed E-state index contributed by atoms with van der Waals surface area (Å²) in [6.07, 6.45) is 1.88. The molecule has 76 valence electrons. The van der Waals surface area contributed by atoms with Gasteiger partial charge in [-0.15, -0.1) is 0 Å². The lowest BCUT2D eigenvalue weighted by atomic mass is 9.87. The first kappa shape index (κ1) is 9.46. The molecule has 3 N–H and O–H groups in total. The molecule has 1 fully saturated rings. The van der Waals surface area contributed by atoms with Crippen LogP contribution in [0.1, 0.15) is 18.4 Å². The molecule has 1 aliphatic rings. The van der Waals surface area contributed by atoms with E-state index in [1.807, 2.05) is 13.0 Å². The highest BCUT2D eigenvalue weighted by Crippen LogP contribution is 2.24. The van der Waals surface area contributed by atoms with E-state index >= 15 is 0 Å². The Morgan fingerprint density at radius 3 is 2.79 bits per heavy atom. The summed E-state index contributed by atoms with van der Waals surface area (Å²) < 4.78 is 13.3. The third kappa shape index (κ3) is 1.87. The Labute approximate surface area is 83.3 Å². The van der Waals surface area contributed by atoms with E-state index < -0.39 is 0 Å². The van der Waals surface area contributed by atoms with E-state index in [4.69, 9.17) is 5.73 Å². The smallest absolute Gasteiger partial charge is 0.146 e. The van der Waals surface area contributed by atoms with Crippen molar-refractivity contribution in [3.05, 3.63) is 29.6 Å². The average molecular weight is 194 g/mol. The maximum atomic E-state index is 13.3. The number of nitrogens with two attached hydrogens (primary N) is 1. The minimum absolute atomic E-state index is 0.184. The van der Waals surface area contributed by atoms with Crippen LogP contribution in [0.5, 0.6) is 0 Å². The van der Waals surface area contributed by atoms with Gasteiger partial charge in [-0.1, -0.05) is 6.07 Å². The first-order valence-electron chi connectivity index (χ1n) is 4.93. The minimum Gasteiger partial charge on any atom is -0.380 e. The molecule has 0 unspecified atom stereocenters. The summed E-state index contributed by atoms with van der Waals surface area (Å²) in [4.78, 5) is 0. The van der Waals surface area contributed by atoms with Crippen LogP contribution in [0.15, 0.2) is 18.2 Å². The maximum Gasteiger partial charge on any atom is 0.146 e. The summed E-state index contributed by atoms with van der Waals surface area (Å²) in [6.45, 7) is 1.96. The van der Waals surface area contributed by atoms with Crippen LogP contribution < -0.4 is 11.1 Å². The molecule has 14 heavy (non-hydrogen) atoms. The Morgan fingerprint density at radius 1 is 1.43 bits per heavy atom. The summed E-state index contributed by atoms with van der Waals surface area (Å²) in [5.41, 5.74) is 7.32. The van der Waals surface area contributed by atoms with Gasteiger partial charge in [0.25, 0.3) is 0 Å². The van der Waals surface area contributed by atoms with Crippen molar-refractivity contribution in [1.82, 2.24) is 0 Å². The zero-order valence-corrected chi connectivity index (χ0v) is 8.26. The molecular formula is C11H15FN2. The Hall–Kier alpha value is -1.09. The molecule has 2 nitrogen and oxygen atoms in total. The van der Waals surface area contributed by atoms with Crippen LogP contribution in [-0.4, -0.2) is 12.1 Å². The predicted octanol–water partition coefficient (Wildman–Crippen LogP) is 2.04. The molecule has 0 saturated heterocycles. The molecule has 1 aromatic rings. The first-order chi connectivity index (χ1) is 6.65. The third-order valence-electron chi connectivity index (χ3n) is 2.66. The van der Waals surface area contributed by atoms with Crippen molar-refractivity contribution in [3.8, 4) is 0 Å². The zero-order chi connectivity index (χ0) is 10.1. The van der Waals surface area contributed by atoms with Crippen molar-refractivity contribution in [1.29, 1.82) is 0 Å². The molecular weight excluding hydrogens is 179 g/mol. The molecule has 0 atom stereocenters. The average Bonchev–Trinajstić information content (AvgIpc) is 2.09. The lowest BCUT2D eigenvalue weighted by Gasteiger charge is -2.33. The van der Waals surface area contributed by atoms with E-state index in [0.717, 1.165) is 18.4 Å². The van der Waals surface area contributed by atoms with E-state index in [-0.39, 0.29) is 5.82 Å². The van der Waals surface area contributed by atoms with Crippen molar-refractivity contribution in [2.24, 2.45) is 5.73 Å². The standard InChI is InChI=1S/C11H15FN2/c1-7-2-3-10(12)11(4-7)14-9-5-8(13)6-9/h2-4,8-9,14H,5-6,13H2,1H3. The highest BCUT2D eigenvalue weighted by Gasteiger charge is 2.26. The van der Waals surface area contributed by atoms with E-state index in [1.54, 1.807) is 6.07 Å². The van der Waals surface area contributed by atoms with Crippen molar-refractivity contribution in [3.63, 3.8) is 0 Å². The molecule has 1 aromatic carbocycles. The van der Waals surface area contributed by atoms with E-state index in [1.165, 1.54) is 6.07 Å². The van der Waals surface area contributed by atoms with Crippen LogP contribution in [0, 0.1) is 12.7 Å². The first-order valence-corrected chi connectivity index (χ1v) is 4.93. The highest BCUT2D eigenvalue weighted by molar-refractivity contribution is 5.48. The number of halogens is 1. The summed E-state index contributed by atoms with van der Waals surface area (Å²) >= 11 is 0. The molecule has 0 aromatic heterocycles. The van der Waals surface area contributed by atoms with E-state index in [2.05, 4.69) is 5.32 Å². The summed E-state index contributed by atoms with van der Waals surface area (Å²) in [5.74, 6) is -0.184. The van der Waals surface area contributed by atoms with E-state index in [9.17, 15) is 4.39 Å². The van der Waals surface area contributed by atoms with Crippen LogP contribution in [0.4, 0.5) is 10.1 Å². The number of aryl methyl sites for hydroxylation is 1. The number of rotatable bonds is 2. The second kappa shape index (κ2) is 3.58. The molecule has 0 bridgehead atoms. The fraction of sp³-hybridized carbons (Fsp3) is 0.455. The second-order valence-electron chi connectivity index (χ2n) is 4.06. The third-order valence-corrected chi connectivity index (χ3v) is 2.66. The molecule has 1 aliphatic carbocycles. The monoisotopic (exact) mass is 194 g/mol. The van der Waals surface area contributed by atoms with Crippen LogP contribution in [0.3, 0.4) is 0 Å². The zero-order valence-electron chi connectivity index (χ0n) is 8.26. The summed E-state index contributed by atoms with van der Waals surface area (Å²) in [5, 5.41) is 3.16. The van der Waals surface area contributed by atoms with Gasteiger partial charge in [-0.2, -0.15) is 0 Å². The fourth-order valence-electron chi connectivity index (χ4n) is 1.75. The molecule has 1 saturated carbocycles. The number of hydrogen-bond acceptors (Lipinski definition) is 2.